The first-order valence-electron chi connectivity index (χ1n) is 9.18. The minimum Gasteiger partial charge on any atom is -0.457 e. The molecule has 31 heavy (non-hydrogen) atoms. The van der Waals surface area contributed by atoms with Gasteiger partial charge in [-0.2, -0.15) is 5.26 Å². The zero-order valence-corrected chi connectivity index (χ0v) is 18.3. The maximum atomic E-state index is 12.5. The minimum atomic E-state index is -0.598. The van der Waals surface area contributed by atoms with Gasteiger partial charge in [-0.1, -0.05) is 34.5 Å². The number of rotatable bonds is 5. The monoisotopic (exact) mass is 475 g/mol. The van der Waals surface area contributed by atoms with E-state index in [1.54, 1.807) is 30.3 Å². The minimum absolute atomic E-state index is 0.127. The Bertz CT molecular complexity index is 1180. The number of halogens is 2. The summed E-state index contributed by atoms with van der Waals surface area (Å²) in [5.41, 5.74) is 0.597. The molecule has 11 heteroatoms. The third-order valence-corrected chi connectivity index (χ3v) is 6.04. The molecule has 0 atom stereocenters. The van der Waals surface area contributed by atoms with Gasteiger partial charge >= 0.3 is 0 Å². The largest absolute Gasteiger partial charge is 0.457 e. The lowest BCUT2D eigenvalue weighted by Gasteiger charge is -2.25. The van der Waals surface area contributed by atoms with Crippen molar-refractivity contribution in [3.63, 3.8) is 0 Å². The van der Waals surface area contributed by atoms with Gasteiger partial charge in [0.25, 0.3) is 5.91 Å². The molecule has 1 amide bonds. The number of carbonyl (C=O) groups excluding carboxylic acids is 1. The Morgan fingerprint density at radius 2 is 2.00 bits per heavy atom. The molecule has 4 rings (SSSR count). The zero-order valence-electron chi connectivity index (χ0n) is 16.0. The number of aromatic nitrogens is 2. The first-order valence-corrected chi connectivity index (χ1v) is 10.8. The molecule has 158 valence electrons. The van der Waals surface area contributed by atoms with E-state index in [1.807, 2.05) is 11.0 Å². The number of morpholine rings is 1. The van der Waals surface area contributed by atoms with Crippen molar-refractivity contribution in [1.29, 1.82) is 5.26 Å². The summed E-state index contributed by atoms with van der Waals surface area (Å²) in [5, 5.41) is 22.0. The van der Waals surface area contributed by atoms with Crippen LogP contribution in [0.5, 0.6) is 0 Å². The fourth-order valence-electron chi connectivity index (χ4n) is 2.84. The number of hydrogen-bond donors (Lipinski definition) is 1. The molecule has 3 heterocycles. The maximum Gasteiger partial charge on any atom is 0.268 e. The first kappa shape index (κ1) is 21.3. The third kappa shape index (κ3) is 5.06. The second kappa shape index (κ2) is 9.49. The van der Waals surface area contributed by atoms with E-state index in [1.165, 1.54) is 17.4 Å². The summed E-state index contributed by atoms with van der Waals surface area (Å²) in [6.45, 7) is 2.67. The smallest absolute Gasteiger partial charge is 0.268 e. The van der Waals surface area contributed by atoms with E-state index in [4.69, 9.17) is 32.4 Å². The molecule has 1 aliphatic heterocycles. The Hall–Kier alpha value is -2.90. The summed E-state index contributed by atoms with van der Waals surface area (Å²) in [5.74, 6) is 0.278. The van der Waals surface area contributed by atoms with Crippen LogP contribution in [-0.4, -0.2) is 42.4 Å². The zero-order chi connectivity index (χ0) is 21.8. The van der Waals surface area contributed by atoms with Gasteiger partial charge < -0.3 is 14.1 Å². The molecule has 1 aromatic carbocycles. The molecule has 1 N–H and O–H groups in total. The molecule has 1 aliphatic rings. The molecule has 0 bridgehead atoms. The number of nitriles is 1. The van der Waals surface area contributed by atoms with Gasteiger partial charge in [0.2, 0.25) is 10.3 Å². The molecule has 8 nitrogen and oxygen atoms in total. The number of ether oxygens (including phenoxy) is 1. The summed E-state index contributed by atoms with van der Waals surface area (Å²) in [4.78, 5) is 14.6. The van der Waals surface area contributed by atoms with Crippen molar-refractivity contribution in [3.05, 3.63) is 51.7 Å². The highest BCUT2D eigenvalue weighted by atomic mass is 35.5. The topological polar surface area (TPSA) is 104 Å². The number of nitrogens with zero attached hydrogens (tertiary/aromatic N) is 4. The van der Waals surface area contributed by atoms with Crippen molar-refractivity contribution in [2.24, 2.45) is 0 Å². The molecule has 3 aromatic rings. The molecule has 0 aliphatic carbocycles. The van der Waals surface area contributed by atoms with E-state index >= 15 is 0 Å². The quantitative estimate of drug-likeness (QED) is 0.428. The van der Waals surface area contributed by atoms with E-state index in [-0.39, 0.29) is 5.57 Å². The summed E-state index contributed by atoms with van der Waals surface area (Å²) >= 11 is 13.2. The summed E-state index contributed by atoms with van der Waals surface area (Å²) < 4.78 is 11.0. The highest BCUT2D eigenvalue weighted by Gasteiger charge is 2.18. The molecular formula is C20H15Cl2N5O3S. The van der Waals surface area contributed by atoms with E-state index < -0.39 is 5.91 Å². The Labute approximate surface area is 191 Å². The van der Waals surface area contributed by atoms with E-state index in [0.29, 0.717) is 58.1 Å². The van der Waals surface area contributed by atoms with Gasteiger partial charge in [0.1, 0.15) is 23.2 Å². The summed E-state index contributed by atoms with van der Waals surface area (Å²) in [6.07, 6.45) is 1.36. The Balaban J connectivity index is 1.46. The normalized spacial score (nSPS) is 14.4. The van der Waals surface area contributed by atoms with Crippen molar-refractivity contribution >= 4 is 56.8 Å². The van der Waals surface area contributed by atoms with Crippen LogP contribution in [0, 0.1) is 11.3 Å². The molecule has 0 radical (unpaired) electrons. The van der Waals surface area contributed by atoms with Gasteiger partial charge in [-0.05, 0) is 30.3 Å². The lowest BCUT2D eigenvalue weighted by molar-refractivity contribution is -0.112. The van der Waals surface area contributed by atoms with Crippen LogP contribution in [0.2, 0.25) is 10.0 Å². The van der Waals surface area contributed by atoms with Crippen molar-refractivity contribution in [3.8, 4) is 17.4 Å². The fourth-order valence-corrected chi connectivity index (χ4v) is 3.93. The Morgan fingerprint density at radius 3 is 2.74 bits per heavy atom. The molecule has 0 saturated carbocycles. The fraction of sp³-hybridized carbons (Fsp3) is 0.200. The number of hydrogen-bond acceptors (Lipinski definition) is 8. The van der Waals surface area contributed by atoms with E-state index in [9.17, 15) is 10.1 Å². The molecule has 0 spiro atoms. The third-order valence-electron chi connectivity index (χ3n) is 4.40. The Kier molecular flexibility index (Phi) is 6.53. The van der Waals surface area contributed by atoms with Gasteiger partial charge in [-0.3, -0.25) is 10.1 Å². The van der Waals surface area contributed by atoms with Crippen LogP contribution in [0.3, 0.4) is 0 Å². The van der Waals surface area contributed by atoms with Crippen LogP contribution >= 0.6 is 34.5 Å². The average Bonchev–Trinajstić information content (AvgIpc) is 3.44. The summed E-state index contributed by atoms with van der Waals surface area (Å²) in [7, 11) is 0. The van der Waals surface area contributed by atoms with Gasteiger partial charge in [-0.15, -0.1) is 10.2 Å². The predicted molar refractivity (Wildman–Crippen MR) is 119 cm³/mol. The van der Waals surface area contributed by atoms with Crippen LogP contribution in [0.4, 0.5) is 10.3 Å². The van der Waals surface area contributed by atoms with Crippen LogP contribution in [0.25, 0.3) is 17.4 Å². The molecule has 1 fully saturated rings. The maximum absolute atomic E-state index is 12.5. The lowest BCUT2D eigenvalue weighted by Crippen LogP contribution is -2.36. The van der Waals surface area contributed by atoms with Gasteiger partial charge in [0, 0.05) is 24.7 Å². The van der Waals surface area contributed by atoms with Crippen LogP contribution < -0.4 is 10.2 Å². The number of nitrogens with one attached hydrogen (secondary N) is 1. The van der Waals surface area contributed by atoms with Crippen molar-refractivity contribution < 1.29 is 13.9 Å². The van der Waals surface area contributed by atoms with Crippen molar-refractivity contribution in [1.82, 2.24) is 10.2 Å². The number of amides is 1. The first-order chi connectivity index (χ1) is 15.0. The highest BCUT2D eigenvalue weighted by molar-refractivity contribution is 7.19. The second-order valence-corrected chi connectivity index (χ2v) is 8.21. The van der Waals surface area contributed by atoms with E-state index in [0.717, 1.165) is 5.56 Å². The van der Waals surface area contributed by atoms with Crippen LogP contribution in [-0.2, 0) is 9.53 Å². The average molecular weight is 476 g/mol. The Morgan fingerprint density at radius 1 is 1.19 bits per heavy atom. The molecule has 0 unspecified atom stereocenters. The van der Waals surface area contributed by atoms with E-state index in [2.05, 4.69) is 15.5 Å². The summed E-state index contributed by atoms with van der Waals surface area (Å²) in [6, 6.07) is 10.4. The predicted octanol–water partition coefficient (Wildman–Crippen LogP) is 4.49. The highest BCUT2D eigenvalue weighted by Crippen LogP contribution is 2.30. The van der Waals surface area contributed by atoms with Gasteiger partial charge in [0.05, 0.1) is 23.3 Å². The number of furan rings is 1. The van der Waals surface area contributed by atoms with Crippen molar-refractivity contribution in [2.75, 3.05) is 36.5 Å². The van der Waals surface area contributed by atoms with Crippen molar-refractivity contribution in [2.45, 2.75) is 0 Å². The second-order valence-electron chi connectivity index (χ2n) is 6.44. The molecule has 2 aromatic heterocycles. The van der Waals surface area contributed by atoms with Gasteiger partial charge in [0.15, 0.2) is 0 Å². The van der Waals surface area contributed by atoms with Crippen LogP contribution in [0.1, 0.15) is 5.76 Å². The lowest BCUT2D eigenvalue weighted by atomic mass is 10.2. The van der Waals surface area contributed by atoms with Gasteiger partial charge in [-0.25, -0.2) is 0 Å². The molecular weight excluding hydrogens is 461 g/mol. The SMILES string of the molecule is N#C/C(=C/c1ccc(-c2ccc(Cl)c(Cl)c2)o1)C(=O)Nc1nnc(N2CCOCC2)s1. The number of benzene rings is 1. The number of carbonyl (C=O) groups is 1. The number of anilines is 2. The standard InChI is InChI=1S/C20H15Cl2N5O3S/c21-15-3-1-12(10-16(15)22)17-4-2-14(30-17)9-13(11-23)18(28)24-19-25-26-20(31-19)27-5-7-29-8-6-27/h1-4,9-10H,5-8H2,(H,24,25,28)/b13-9-. The molecule has 1 saturated heterocycles. The van der Waals surface area contributed by atoms with Crippen LogP contribution in [0.15, 0.2) is 40.3 Å².